The van der Waals surface area contributed by atoms with Gasteiger partial charge in [0.15, 0.2) is 0 Å². The van der Waals surface area contributed by atoms with Crippen molar-refractivity contribution in [2.45, 2.75) is 25.7 Å². The van der Waals surface area contributed by atoms with E-state index in [1.54, 1.807) is 42.5 Å². The van der Waals surface area contributed by atoms with Gasteiger partial charge in [-0.15, -0.1) is 24.8 Å². The molecule has 1 heterocycles. The molecule has 4 N–H and O–H groups in total. The second kappa shape index (κ2) is 12.3. The van der Waals surface area contributed by atoms with Crippen molar-refractivity contribution >= 4 is 53.7 Å². The van der Waals surface area contributed by atoms with Gasteiger partial charge in [-0.3, -0.25) is 14.5 Å². The normalized spacial score (nSPS) is 13.9. The van der Waals surface area contributed by atoms with Gasteiger partial charge in [0.1, 0.15) is 0 Å². The molecule has 158 valence electrons. The van der Waals surface area contributed by atoms with Crippen LogP contribution in [0.3, 0.4) is 0 Å². The second-order valence-corrected chi connectivity index (χ2v) is 6.86. The maximum absolute atomic E-state index is 12.4. The minimum Gasteiger partial charge on any atom is -0.398 e. The number of anilines is 3. The number of rotatable bonds is 5. The Hall–Kier alpha value is -2.28. The topological polar surface area (TPSA) is 87.5 Å². The summed E-state index contributed by atoms with van der Waals surface area (Å²) in [6.45, 7) is 2.35. The van der Waals surface area contributed by atoms with E-state index < -0.39 is 0 Å². The average Bonchev–Trinajstić information content (AvgIpc) is 2.91. The highest BCUT2D eigenvalue weighted by Gasteiger charge is 2.14. The van der Waals surface area contributed by atoms with Crippen LogP contribution in [0.4, 0.5) is 17.1 Å². The Bertz CT molecular complexity index is 809. The van der Waals surface area contributed by atoms with Gasteiger partial charge in [0.05, 0.1) is 12.1 Å². The van der Waals surface area contributed by atoms with E-state index in [1.165, 1.54) is 12.8 Å². The monoisotopic (exact) mass is 438 g/mol. The molecule has 2 aromatic carbocycles. The van der Waals surface area contributed by atoms with Gasteiger partial charge in [0.25, 0.3) is 5.91 Å². The van der Waals surface area contributed by atoms with Crippen LogP contribution in [0.2, 0.25) is 0 Å². The molecule has 0 unspecified atom stereocenters. The Morgan fingerprint density at radius 1 is 0.862 bits per heavy atom. The summed E-state index contributed by atoms with van der Waals surface area (Å²) >= 11 is 0. The molecule has 2 aromatic rings. The van der Waals surface area contributed by atoms with E-state index in [0.717, 1.165) is 25.9 Å². The standard InChI is InChI=1S/C21H26N4O2.2ClH/c22-19-11-4-3-10-18(19)21(27)24-17-9-7-8-16(14-17)23-20(26)15-25-12-5-1-2-6-13-25;;/h3-4,7-11,14H,1-2,5-6,12-13,15,22H2,(H,23,26)(H,24,27);2*1H. The van der Waals surface area contributed by atoms with Crippen molar-refractivity contribution in [2.24, 2.45) is 0 Å². The van der Waals surface area contributed by atoms with Crippen molar-refractivity contribution in [1.29, 1.82) is 0 Å². The smallest absolute Gasteiger partial charge is 0.257 e. The molecule has 29 heavy (non-hydrogen) atoms. The van der Waals surface area contributed by atoms with Gasteiger partial charge in [-0.05, 0) is 56.3 Å². The third-order valence-electron chi connectivity index (χ3n) is 4.68. The highest BCUT2D eigenvalue weighted by molar-refractivity contribution is 6.08. The Labute approximate surface area is 184 Å². The average molecular weight is 439 g/mol. The minimum atomic E-state index is -0.277. The molecule has 1 saturated heterocycles. The van der Waals surface area contributed by atoms with Gasteiger partial charge in [-0.1, -0.05) is 31.0 Å². The molecule has 0 atom stereocenters. The molecule has 3 rings (SSSR count). The summed E-state index contributed by atoms with van der Waals surface area (Å²) in [6, 6.07) is 14.1. The number of nitrogens with zero attached hydrogens (tertiary/aromatic N) is 1. The molecule has 1 aliphatic heterocycles. The zero-order chi connectivity index (χ0) is 19.1. The number of carbonyl (C=O) groups excluding carboxylic acids is 2. The van der Waals surface area contributed by atoms with Crippen LogP contribution in [0.25, 0.3) is 0 Å². The molecule has 0 radical (unpaired) electrons. The molecule has 2 amide bonds. The Balaban J connectivity index is 0.00000210. The van der Waals surface area contributed by atoms with Crippen molar-refractivity contribution in [1.82, 2.24) is 4.90 Å². The van der Waals surface area contributed by atoms with Crippen LogP contribution in [0.15, 0.2) is 48.5 Å². The van der Waals surface area contributed by atoms with Gasteiger partial charge < -0.3 is 16.4 Å². The first-order valence-electron chi connectivity index (χ1n) is 9.40. The zero-order valence-electron chi connectivity index (χ0n) is 16.2. The fourth-order valence-corrected chi connectivity index (χ4v) is 3.27. The van der Waals surface area contributed by atoms with E-state index in [1.807, 2.05) is 6.07 Å². The second-order valence-electron chi connectivity index (χ2n) is 6.86. The van der Waals surface area contributed by atoms with E-state index >= 15 is 0 Å². The fourth-order valence-electron chi connectivity index (χ4n) is 3.27. The third kappa shape index (κ3) is 7.57. The lowest BCUT2D eigenvalue weighted by molar-refractivity contribution is -0.117. The Morgan fingerprint density at radius 3 is 2.14 bits per heavy atom. The molecule has 0 aliphatic carbocycles. The highest BCUT2D eigenvalue weighted by atomic mass is 35.5. The van der Waals surface area contributed by atoms with Gasteiger partial charge in [0, 0.05) is 17.1 Å². The number of carbonyl (C=O) groups is 2. The highest BCUT2D eigenvalue weighted by Crippen LogP contribution is 2.18. The van der Waals surface area contributed by atoms with E-state index in [-0.39, 0.29) is 36.6 Å². The first kappa shape index (κ1) is 24.8. The van der Waals surface area contributed by atoms with Crippen molar-refractivity contribution in [3.8, 4) is 0 Å². The number of para-hydroxylation sites is 1. The predicted molar refractivity (Wildman–Crippen MR) is 123 cm³/mol. The van der Waals surface area contributed by atoms with E-state index in [9.17, 15) is 9.59 Å². The number of halogens is 2. The molecule has 0 saturated carbocycles. The van der Waals surface area contributed by atoms with Crippen LogP contribution < -0.4 is 16.4 Å². The maximum Gasteiger partial charge on any atom is 0.257 e. The zero-order valence-corrected chi connectivity index (χ0v) is 17.9. The van der Waals surface area contributed by atoms with Crippen molar-refractivity contribution < 1.29 is 9.59 Å². The van der Waals surface area contributed by atoms with Crippen LogP contribution >= 0.6 is 24.8 Å². The van der Waals surface area contributed by atoms with E-state index in [2.05, 4.69) is 15.5 Å². The van der Waals surface area contributed by atoms with Crippen LogP contribution in [0.1, 0.15) is 36.0 Å². The molecular weight excluding hydrogens is 411 g/mol. The van der Waals surface area contributed by atoms with Crippen LogP contribution in [-0.2, 0) is 4.79 Å². The van der Waals surface area contributed by atoms with Crippen LogP contribution in [0.5, 0.6) is 0 Å². The predicted octanol–water partition coefficient (Wildman–Crippen LogP) is 4.18. The maximum atomic E-state index is 12.4. The lowest BCUT2D eigenvalue weighted by Crippen LogP contribution is -2.33. The number of hydrogen-bond acceptors (Lipinski definition) is 4. The van der Waals surface area contributed by atoms with Gasteiger partial charge in [-0.2, -0.15) is 0 Å². The quantitative estimate of drug-likeness (QED) is 0.610. The molecule has 0 aromatic heterocycles. The first-order chi connectivity index (χ1) is 13.1. The van der Waals surface area contributed by atoms with Gasteiger partial charge in [0.2, 0.25) is 5.91 Å². The molecule has 0 spiro atoms. The molecule has 1 aliphatic rings. The number of nitrogens with one attached hydrogen (secondary N) is 2. The summed E-state index contributed by atoms with van der Waals surface area (Å²) in [5, 5.41) is 5.74. The SMILES string of the molecule is Cl.Cl.Nc1ccccc1C(=O)Nc1cccc(NC(=O)CN2CCCCCC2)c1. The van der Waals surface area contributed by atoms with E-state index in [0.29, 0.717) is 29.2 Å². The number of nitrogen functional groups attached to an aromatic ring is 1. The number of likely N-dealkylation sites (tertiary alicyclic amines) is 1. The molecule has 6 nitrogen and oxygen atoms in total. The van der Waals surface area contributed by atoms with Gasteiger partial charge >= 0.3 is 0 Å². The summed E-state index contributed by atoms with van der Waals surface area (Å²) in [4.78, 5) is 26.9. The number of benzene rings is 2. The van der Waals surface area contributed by atoms with Crippen molar-refractivity contribution in [2.75, 3.05) is 36.0 Å². The molecule has 1 fully saturated rings. The number of nitrogens with two attached hydrogens (primary N) is 1. The number of hydrogen-bond donors (Lipinski definition) is 3. The Morgan fingerprint density at radius 2 is 1.48 bits per heavy atom. The summed E-state index contributed by atoms with van der Waals surface area (Å²) in [7, 11) is 0. The third-order valence-corrected chi connectivity index (χ3v) is 4.68. The number of amides is 2. The fraction of sp³-hybridized carbons (Fsp3) is 0.333. The molecule has 0 bridgehead atoms. The van der Waals surface area contributed by atoms with Gasteiger partial charge in [-0.25, -0.2) is 0 Å². The first-order valence-corrected chi connectivity index (χ1v) is 9.40. The summed E-state index contributed by atoms with van der Waals surface area (Å²) in [5.41, 5.74) is 7.97. The van der Waals surface area contributed by atoms with Crippen molar-refractivity contribution in [3.05, 3.63) is 54.1 Å². The summed E-state index contributed by atoms with van der Waals surface area (Å²) in [5.74, 6) is -0.311. The molecular formula is C21H28Cl2N4O2. The molecule has 8 heteroatoms. The largest absolute Gasteiger partial charge is 0.398 e. The van der Waals surface area contributed by atoms with Crippen molar-refractivity contribution in [3.63, 3.8) is 0 Å². The summed E-state index contributed by atoms with van der Waals surface area (Å²) in [6.07, 6.45) is 4.78. The minimum absolute atomic E-state index is 0. The van der Waals surface area contributed by atoms with Crippen LogP contribution in [-0.4, -0.2) is 36.3 Å². The lowest BCUT2D eigenvalue weighted by atomic mass is 10.1. The summed E-state index contributed by atoms with van der Waals surface area (Å²) < 4.78 is 0. The Kier molecular flexibility index (Phi) is 10.5. The lowest BCUT2D eigenvalue weighted by Gasteiger charge is -2.19. The van der Waals surface area contributed by atoms with E-state index in [4.69, 9.17) is 5.73 Å². The van der Waals surface area contributed by atoms with Crippen LogP contribution in [0, 0.1) is 0 Å².